The van der Waals surface area contributed by atoms with Crippen LogP contribution < -0.4 is 14.8 Å². The van der Waals surface area contributed by atoms with Crippen LogP contribution in [0, 0.1) is 5.82 Å². The molecule has 4 rings (SSSR count). The fourth-order valence-corrected chi connectivity index (χ4v) is 4.47. The van der Waals surface area contributed by atoms with E-state index in [4.69, 9.17) is 9.47 Å². The number of nitrogens with zero attached hydrogens (tertiary/aromatic N) is 1. The van der Waals surface area contributed by atoms with Crippen molar-refractivity contribution in [1.82, 2.24) is 9.88 Å². The molecule has 1 amide bonds. The van der Waals surface area contributed by atoms with E-state index in [-0.39, 0.29) is 30.1 Å². The summed E-state index contributed by atoms with van der Waals surface area (Å²) in [7, 11) is 3.24. The largest absolute Gasteiger partial charge is 0.497 e. The summed E-state index contributed by atoms with van der Waals surface area (Å²) in [4.78, 5) is 13.0. The summed E-state index contributed by atoms with van der Waals surface area (Å²) < 4.78 is 26.6. The molecule has 1 N–H and O–H groups in total. The summed E-state index contributed by atoms with van der Waals surface area (Å²) >= 11 is 0. The normalized spacial score (nSPS) is 12.1. The predicted molar refractivity (Wildman–Crippen MR) is 137 cm³/mol. The van der Waals surface area contributed by atoms with Crippen molar-refractivity contribution >= 4 is 16.8 Å². The van der Waals surface area contributed by atoms with Gasteiger partial charge < -0.3 is 19.4 Å². The van der Waals surface area contributed by atoms with E-state index in [0.29, 0.717) is 18.0 Å². The summed E-state index contributed by atoms with van der Waals surface area (Å²) in [6.45, 7) is 4.50. The Morgan fingerprint density at radius 1 is 0.971 bits per heavy atom. The molecule has 0 aliphatic rings. The molecule has 0 unspecified atom stereocenters. The number of nitrogens with one attached hydrogen (secondary N) is 1. The van der Waals surface area contributed by atoms with Crippen LogP contribution in [-0.4, -0.2) is 30.7 Å². The highest BCUT2D eigenvalue weighted by molar-refractivity contribution is 5.87. The number of carbonyl (C=O) groups excluding carboxylic acids is 1. The molecule has 4 aromatic rings. The van der Waals surface area contributed by atoms with Crippen LogP contribution in [0.2, 0.25) is 0 Å². The molecular formula is C29H31FN2O3. The van der Waals surface area contributed by atoms with E-state index in [9.17, 15) is 9.18 Å². The van der Waals surface area contributed by atoms with E-state index in [1.807, 2.05) is 44.2 Å². The molecule has 35 heavy (non-hydrogen) atoms. The summed E-state index contributed by atoms with van der Waals surface area (Å²) in [5.74, 6) is 0.835. The van der Waals surface area contributed by atoms with Crippen molar-refractivity contribution in [2.24, 2.45) is 0 Å². The Balaban J connectivity index is 1.84. The number of hydrogen-bond acceptors (Lipinski definition) is 3. The monoisotopic (exact) mass is 474 g/mol. The Morgan fingerprint density at radius 3 is 2.26 bits per heavy atom. The molecule has 0 fully saturated rings. The minimum absolute atomic E-state index is 0.0258. The molecule has 0 aliphatic heterocycles. The molecule has 1 aromatic heterocycles. The lowest BCUT2D eigenvalue weighted by atomic mass is 9.87. The van der Waals surface area contributed by atoms with Crippen LogP contribution in [0.15, 0.2) is 72.9 Å². The lowest BCUT2D eigenvalue weighted by Crippen LogP contribution is -2.31. The number of halogens is 1. The molecule has 3 aromatic carbocycles. The van der Waals surface area contributed by atoms with Gasteiger partial charge in [-0.3, -0.25) is 4.79 Å². The Morgan fingerprint density at radius 2 is 1.63 bits per heavy atom. The van der Waals surface area contributed by atoms with Crippen molar-refractivity contribution in [2.75, 3.05) is 14.2 Å². The first-order chi connectivity index (χ1) is 16.9. The van der Waals surface area contributed by atoms with Gasteiger partial charge >= 0.3 is 0 Å². The SMILES string of the molecule is COc1cc(OC)cc([C@H](CC(=O)NC(C)C)c2cn(Cc3ccc(F)cc3)c3ccccc23)c1. The second kappa shape index (κ2) is 10.6. The van der Waals surface area contributed by atoms with Crippen LogP contribution in [0.5, 0.6) is 11.5 Å². The maximum Gasteiger partial charge on any atom is 0.221 e. The quantitative estimate of drug-likeness (QED) is 0.329. The zero-order valence-corrected chi connectivity index (χ0v) is 20.5. The fourth-order valence-electron chi connectivity index (χ4n) is 4.47. The summed E-state index contributed by atoms with van der Waals surface area (Å²) in [5, 5.41) is 4.09. The highest BCUT2D eigenvalue weighted by Crippen LogP contribution is 2.38. The fraction of sp³-hybridized carbons (Fsp3) is 0.276. The van der Waals surface area contributed by atoms with Crippen molar-refractivity contribution in [2.45, 2.75) is 38.8 Å². The average molecular weight is 475 g/mol. The van der Waals surface area contributed by atoms with E-state index >= 15 is 0 Å². The van der Waals surface area contributed by atoms with Crippen LogP contribution in [0.3, 0.4) is 0 Å². The van der Waals surface area contributed by atoms with Crippen molar-refractivity contribution < 1.29 is 18.7 Å². The molecule has 6 heteroatoms. The Hall–Kier alpha value is -3.80. The molecule has 1 atom stereocenters. The number of rotatable bonds is 9. The van der Waals surface area contributed by atoms with Gasteiger partial charge in [0.25, 0.3) is 0 Å². The van der Waals surface area contributed by atoms with Crippen LogP contribution in [0.4, 0.5) is 4.39 Å². The van der Waals surface area contributed by atoms with Gasteiger partial charge in [-0.25, -0.2) is 4.39 Å². The number of methoxy groups -OCH3 is 2. The van der Waals surface area contributed by atoms with Crippen LogP contribution in [-0.2, 0) is 11.3 Å². The van der Waals surface area contributed by atoms with Crippen LogP contribution in [0.25, 0.3) is 10.9 Å². The first-order valence-electron chi connectivity index (χ1n) is 11.7. The number of para-hydroxylation sites is 1. The average Bonchev–Trinajstić information content (AvgIpc) is 3.21. The van der Waals surface area contributed by atoms with Gasteiger partial charge in [-0.1, -0.05) is 30.3 Å². The third-order valence-corrected chi connectivity index (χ3v) is 6.08. The molecule has 0 aliphatic carbocycles. The zero-order chi connectivity index (χ0) is 24.9. The lowest BCUT2D eigenvalue weighted by Gasteiger charge is -2.20. The van der Waals surface area contributed by atoms with Gasteiger partial charge in [0.15, 0.2) is 0 Å². The molecular weight excluding hydrogens is 443 g/mol. The Kier molecular flexibility index (Phi) is 7.39. The Labute approximate surface area is 205 Å². The molecule has 182 valence electrons. The number of amides is 1. The Bertz CT molecular complexity index is 1290. The molecule has 0 bridgehead atoms. The summed E-state index contributed by atoms with van der Waals surface area (Å²) in [6, 6.07) is 20.5. The van der Waals surface area contributed by atoms with E-state index in [1.54, 1.807) is 26.4 Å². The van der Waals surface area contributed by atoms with Crippen LogP contribution in [0.1, 0.15) is 42.9 Å². The van der Waals surface area contributed by atoms with Crippen molar-refractivity contribution in [3.05, 3.63) is 95.4 Å². The van der Waals surface area contributed by atoms with Gasteiger partial charge in [0, 0.05) is 48.1 Å². The molecule has 0 spiro atoms. The summed E-state index contributed by atoms with van der Waals surface area (Å²) in [5.41, 5.74) is 4.02. The number of benzene rings is 3. The third-order valence-electron chi connectivity index (χ3n) is 6.08. The van der Waals surface area contributed by atoms with E-state index < -0.39 is 0 Å². The van der Waals surface area contributed by atoms with Crippen LogP contribution >= 0.6 is 0 Å². The first kappa shape index (κ1) is 24.3. The number of carbonyl (C=O) groups is 1. The van der Waals surface area contributed by atoms with Gasteiger partial charge in [-0.2, -0.15) is 0 Å². The van der Waals surface area contributed by atoms with Gasteiger partial charge in [0.1, 0.15) is 17.3 Å². The standard InChI is InChI=1S/C29H31FN2O3/c1-19(2)31-29(33)16-26(21-13-23(34-3)15-24(14-21)35-4)27-18-32(28-8-6-5-7-25(27)28)17-20-9-11-22(30)12-10-20/h5-15,18-19,26H,16-17H2,1-4H3,(H,31,33)/t26-/m0/s1. The van der Waals surface area contributed by atoms with Crippen molar-refractivity contribution in [3.8, 4) is 11.5 Å². The van der Waals surface area contributed by atoms with Crippen molar-refractivity contribution in [3.63, 3.8) is 0 Å². The molecule has 1 heterocycles. The number of fused-ring (bicyclic) bond motifs is 1. The zero-order valence-electron chi connectivity index (χ0n) is 20.5. The van der Waals surface area contributed by atoms with E-state index in [1.165, 1.54) is 12.1 Å². The number of aromatic nitrogens is 1. The second-order valence-electron chi connectivity index (χ2n) is 8.98. The second-order valence-corrected chi connectivity index (χ2v) is 8.98. The van der Waals surface area contributed by atoms with E-state index in [0.717, 1.165) is 27.6 Å². The minimum Gasteiger partial charge on any atom is -0.497 e. The maximum absolute atomic E-state index is 13.4. The van der Waals surface area contributed by atoms with Gasteiger partial charge in [-0.15, -0.1) is 0 Å². The van der Waals surface area contributed by atoms with Gasteiger partial charge in [0.05, 0.1) is 14.2 Å². The highest BCUT2D eigenvalue weighted by atomic mass is 19.1. The molecule has 0 radical (unpaired) electrons. The predicted octanol–water partition coefficient (Wildman–Crippen LogP) is 5.89. The minimum atomic E-state index is -0.255. The van der Waals surface area contributed by atoms with Gasteiger partial charge in [0.2, 0.25) is 5.91 Å². The van der Waals surface area contributed by atoms with E-state index in [2.05, 4.69) is 28.2 Å². The highest BCUT2D eigenvalue weighted by Gasteiger charge is 2.24. The van der Waals surface area contributed by atoms with Gasteiger partial charge in [-0.05, 0) is 60.9 Å². The molecule has 0 saturated heterocycles. The number of hydrogen-bond donors (Lipinski definition) is 1. The molecule has 0 saturated carbocycles. The number of ether oxygens (including phenoxy) is 2. The maximum atomic E-state index is 13.4. The smallest absolute Gasteiger partial charge is 0.221 e. The topological polar surface area (TPSA) is 52.5 Å². The van der Waals surface area contributed by atoms with Crippen molar-refractivity contribution in [1.29, 1.82) is 0 Å². The lowest BCUT2D eigenvalue weighted by molar-refractivity contribution is -0.121. The summed E-state index contributed by atoms with van der Waals surface area (Å²) in [6.07, 6.45) is 2.38. The third kappa shape index (κ3) is 5.65. The molecule has 5 nitrogen and oxygen atoms in total. The first-order valence-corrected chi connectivity index (χ1v) is 11.7.